The summed E-state index contributed by atoms with van der Waals surface area (Å²) in [5.74, 6) is 1.97. The van der Waals surface area contributed by atoms with Crippen molar-refractivity contribution in [3.8, 4) is 22.6 Å². The van der Waals surface area contributed by atoms with E-state index in [1.807, 2.05) is 12.1 Å². The number of aromatic nitrogens is 2. The highest BCUT2D eigenvalue weighted by Crippen LogP contribution is 2.42. The number of nitrogen functional groups attached to an aromatic ring is 1. The van der Waals surface area contributed by atoms with Crippen molar-refractivity contribution in [1.29, 1.82) is 0 Å². The van der Waals surface area contributed by atoms with E-state index in [0.717, 1.165) is 28.2 Å². The van der Waals surface area contributed by atoms with Crippen LogP contribution < -0.4 is 15.2 Å². The first-order valence-corrected chi connectivity index (χ1v) is 5.51. The van der Waals surface area contributed by atoms with Gasteiger partial charge in [-0.2, -0.15) is 5.10 Å². The molecule has 6 heteroatoms. The SMILES string of the molecule is COCc1c(-c2cn[nH]c2N)ccc2c1OCO2. The summed E-state index contributed by atoms with van der Waals surface area (Å²) in [4.78, 5) is 0. The number of nitrogens with zero attached hydrogens (tertiary/aromatic N) is 1. The molecule has 0 atom stereocenters. The first kappa shape index (κ1) is 10.9. The predicted molar refractivity (Wildman–Crippen MR) is 65.3 cm³/mol. The monoisotopic (exact) mass is 247 g/mol. The standard InChI is InChI=1S/C12H13N3O3/c1-16-5-9-7(8-4-14-15-12(8)13)2-3-10-11(9)18-6-17-10/h2-4H,5-6H2,1H3,(H3,13,14,15). The molecule has 2 heterocycles. The molecule has 0 fully saturated rings. The van der Waals surface area contributed by atoms with Crippen molar-refractivity contribution in [2.45, 2.75) is 6.61 Å². The number of hydrogen-bond donors (Lipinski definition) is 2. The van der Waals surface area contributed by atoms with Crippen molar-refractivity contribution in [1.82, 2.24) is 10.2 Å². The fourth-order valence-electron chi connectivity index (χ4n) is 2.08. The maximum Gasteiger partial charge on any atom is 0.231 e. The predicted octanol–water partition coefficient (Wildman–Crippen LogP) is 1.53. The van der Waals surface area contributed by atoms with Gasteiger partial charge in [0.05, 0.1) is 12.8 Å². The minimum Gasteiger partial charge on any atom is -0.454 e. The molecule has 3 rings (SSSR count). The zero-order valence-electron chi connectivity index (χ0n) is 9.90. The molecule has 0 bridgehead atoms. The van der Waals surface area contributed by atoms with Crippen LogP contribution in [0.2, 0.25) is 0 Å². The van der Waals surface area contributed by atoms with Crippen molar-refractivity contribution in [2.24, 2.45) is 0 Å². The van der Waals surface area contributed by atoms with Gasteiger partial charge in [0.2, 0.25) is 6.79 Å². The lowest BCUT2D eigenvalue weighted by Gasteiger charge is -2.11. The first-order valence-electron chi connectivity index (χ1n) is 5.51. The molecule has 0 saturated carbocycles. The van der Waals surface area contributed by atoms with Crippen LogP contribution >= 0.6 is 0 Å². The van der Waals surface area contributed by atoms with E-state index in [4.69, 9.17) is 19.9 Å². The molecular weight excluding hydrogens is 234 g/mol. The van der Waals surface area contributed by atoms with Gasteiger partial charge in [-0.05, 0) is 17.7 Å². The number of H-pyrrole nitrogens is 1. The van der Waals surface area contributed by atoms with Crippen LogP contribution in [0, 0.1) is 0 Å². The van der Waals surface area contributed by atoms with Crippen molar-refractivity contribution >= 4 is 5.82 Å². The highest BCUT2D eigenvalue weighted by molar-refractivity contribution is 5.78. The lowest BCUT2D eigenvalue weighted by Crippen LogP contribution is -1.98. The average molecular weight is 247 g/mol. The van der Waals surface area contributed by atoms with Gasteiger partial charge in [-0.15, -0.1) is 0 Å². The molecular formula is C12H13N3O3. The molecule has 6 nitrogen and oxygen atoms in total. The average Bonchev–Trinajstić information content (AvgIpc) is 2.98. The largest absolute Gasteiger partial charge is 0.454 e. The summed E-state index contributed by atoms with van der Waals surface area (Å²) in [6, 6.07) is 3.80. The Balaban J connectivity index is 2.18. The smallest absolute Gasteiger partial charge is 0.231 e. The highest BCUT2D eigenvalue weighted by Gasteiger charge is 2.22. The molecule has 3 N–H and O–H groups in total. The van der Waals surface area contributed by atoms with Crippen molar-refractivity contribution in [2.75, 3.05) is 19.6 Å². The molecule has 0 radical (unpaired) electrons. The fraction of sp³-hybridized carbons (Fsp3) is 0.250. The van der Waals surface area contributed by atoms with Gasteiger partial charge < -0.3 is 19.9 Å². The minimum atomic E-state index is 0.233. The lowest BCUT2D eigenvalue weighted by molar-refractivity contribution is 0.163. The normalized spacial score (nSPS) is 12.9. The number of rotatable bonds is 3. The zero-order valence-corrected chi connectivity index (χ0v) is 9.90. The second-order valence-corrected chi connectivity index (χ2v) is 3.96. The van der Waals surface area contributed by atoms with Crippen molar-refractivity contribution in [3.05, 3.63) is 23.9 Å². The maximum absolute atomic E-state index is 5.85. The molecule has 0 spiro atoms. The van der Waals surface area contributed by atoms with E-state index in [0.29, 0.717) is 12.4 Å². The molecule has 94 valence electrons. The minimum absolute atomic E-state index is 0.233. The van der Waals surface area contributed by atoms with E-state index in [2.05, 4.69) is 10.2 Å². The fourth-order valence-corrected chi connectivity index (χ4v) is 2.08. The quantitative estimate of drug-likeness (QED) is 0.859. The Labute approximate surface area is 104 Å². The molecule has 0 unspecified atom stereocenters. The number of fused-ring (bicyclic) bond motifs is 1. The zero-order chi connectivity index (χ0) is 12.5. The van der Waals surface area contributed by atoms with Gasteiger partial charge in [0.25, 0.3) is 0 Å². The van der Waals surface area contributed by atoms with Crippen LogP contribution in [0.3, 0.4) is 0 Å². The van der Waals surface area contributed by atoms with Gasteiger partial charge in [-0.25, -0.2) is 0 Å². The third-order valence-corrected chi connectivity index (χ3v) is 2.89. The van der Waals surface area contributed by atoms with Crippen LogP contribution in [0.25, 0.3) is 11.1 Å². The summed E-state index contributed by atoms with van der Waals surface area (Å²) in [7, 11) is 1.64. The number of ether oxygens (including phenoxy) is 3. The van der Waals surface area contributed by atoms with Gasteiger partial charge in [0.1, 0.15) is 5.82 Å². The Bertz CT molecular complexity index is 580. The van der Waals surface area contributed by atoms with Crippen LogP contribution in [0.4, 0.5) is 5.82 Å². The molecule has 0 aliphatic carbocycles. The van der Waals surface area contributed by atoms with Gasteiger partial charge in [-0.1, -0.05) is 0 Å². The molecule has 18 heavy (non-hydrogen) atoms. The molecule has 0 amide bonds. The second-order valence-electron chi connectivity index (χ2n) is 3.96. The number of methoxy groups -OCH3 is 1. The Morgan fingerprint density at radius 3 is 3.00 bits per heavy atom. The number of nitrogens with two attached hydrogens (primary N) is 1. The maximum atomic E-state index is 5.85. The van der Waals surface area contributed by atoms with E-state index < -0.39 is 0 Å². The molecule has 0 saturated heterocycles. The van der Waals surface area contributed by atoms with Crippen LogP contribution in [0.1, 0.15) is 5.56 Å². The number of benzene rings is 1. The summed E-state index contributed by atoms with van der Waals surface area (Å²) >= 11 is 0. The summed E-state index contributed by atoms with van der Waals surface area (Å²) < 4.78 is 16.1. The lowest BCUT2D eigenvalue weighted by atomic mass is 10.0. The third-order valence-electron chi connectivity index (χ3n) is 2.89. The van der Waals surface area contributed by atoms with Gasteiger partial charge in [0.15, 0.2) is 11.5 Å². The van der Waals surface area contributed by atoms with E-state index in [1.54, 1.807) is 13.3 Å². The molecule has 1 aliphatic rings. The summed E-state index contributed by atoms with van der Waals surface area (Å²) in [6.07, 6.45) is 1.69. The van der Waals surface area contributed by atoms with Crippen LogP contribution in [-0.4, -0.2) is 24.1 Å². The number of nitrogens with one attached hydrogen (secondary N) is 1. The van der Waals surface area contributed by atoms with Crippen molar-refractivity contribution < 1.29 is 14.2 Å². The second kappa shape index (κ2) is 4.23. The third kappa shape index (κ3) is 1.58. The number of aromatic amines is 1. The van der Waals surface area contributed by atoms with Gasteiger partial charge in [0, 0.05) is 18.2 Å². The van der Waals surface area contributed by atoms with Gasteiger partial charge >= 0.3 is 0 Å². The van der Waals surface area contributed by atoms with Crippen molar-refractivity contribution in [3.63, 3.8) is 0 Å². The molecule has 1 aromatic carbocycles. The highest BCUT2D eigenvalue weighted by atomic mass is 16.7. The van der Waals surface area contributed by atoms with E-state index >= 15 is 0 Å². The number of hydrogen-bond acceptors (Lipinski definition) is 5. The summed E-state index contributed by atoms with van der Waals surface area (Å²) in [5.41, 5.74) is 8.54. The Hall–Kier alpha value is -2.21. The Kier molecular flexibility index (Phi) is 2.56. The van der Waals surface area contributed by atoms with Crippen LogP contribution in [-0.2, 0) is 11.3 Å². The Morgan fingerprint density at radius 1 is 1.39 bits per heavy atom. The topological polar surface area (TPSA) is 82.4 Å². The molecule has 2 aromatic rings. The van der Waals surface area contributed by atoms with E-state index in [9.17, 15) is 0 Å². The van der Waals surface area contributed by atoms with Gasteiger partial charge in [-0.3, -0.25) is 5.10 Å². The first-order chi connectivity index (χ1) is 8.81. The summed E-state index contributed by atoms with van der Waals surface area (Å²) in [6.45, 7) is 0.656. The number of anilines is 1. The summed E-state index contributed by atoms with van der Waals surface area (Å²) in [5, 5.41) is 6.65. The Morgan fingerprint density at radius 2 is 2.28 bits per heavy atom. The molecule has 1 aromatic heterocycles. The van der Waals surface area contributed by atoms with E-state index in [-0.39, 0.29) is 6.79 Å². The molecule has 1 aliphatic heterocycles. The van der Waals surface area contributed by atoms with Crippen LogP contribution in [0.15, 0.2) is 18.3 Å². The van der Waals surface area contributed by atoms with E-state index in [1.165, 1.54) is 0 Å². The van der Waals surface area contributed by atoms with Crippen LogP contribution in [0.5, 0.6) is 11.5 Å².